The summed E-state index contributed by atoms with van der Waals surface area (Å²) in [6.07, 6.45) is 0. The van der Waals surface area contributed by atoms with Crippen molar-refractivity contribution in [2.45, 2.75) is 6.92 Å². The molecule has 2 aromatic rings. The number of rotatable bonds is 1. The molecule has 0 amide bonds. The van der Waals surface area contributed by atoms with Gasteiger partial charge in [0.15, 0.2) is 11.6 Å². The summed E-state index contributed by atoms with van der Waals surface area (Å²) in [5.74, 6) is -1.50. The first kappa shape index (κ1) is 9.64. The fraction of sp³-hybridized carbons (Fsp3) is 0.100. The topological polar surface area (TPSA) is 54.7 Å². The molecule has 0 unspecified atom stereocenters. The summed E-state index contributed by atoms with van der Waals surface area (Å²) in [6.45, 7) is 1.69. The second-order valence-electron chi connectivity index (χ2n) is 3.21. The summed E-state index contributed by atoms with van der Waals surface area (Å²) in [7, 11) is 0. The Morgan fingerprint density at radius 1 is 1.33 bits per heavy atom. The number of benzene rings is 1. The molecule has 0 radical (unpaired) electrons. The number of nitrogens with zero attached hydrogens (tertiary/aromatic N) is 1. The van der Waals surface area contributed by atoms with E-state index >= 15 is 0 Å². The molecule has 3 nitrogen and oxygen atoms in total. The van der Waals surface area contributed by atoms with Gasteiger partial charge in [0.25, 0.3) is 0 Å². The van der Waals surface area contributed by atoms with Crippen molar-refractivity contribution in [3.8, 4) is 11.3 Å². The molecule has 1 heterocycles. The first-order valence-corrected chi connectivity index (χ1v) is 4.36. The molecular weight excluding hydrogens is 200 g/mol. The van der Waals surface area contributed by atoms with Crippen LogP contribution in [-0.2, 0) is 0 Å². The highest BCUT2D eigenvalue weighted by Gasteiger charge is 2.14. The maximum absolute atomic E-state index is 13.4. The van der Waals surface area contributed by atoms with Gasteiger partial charge in [-0.25, -0.2) is 8.78 Å². The van der Waals surface area contributed by atoms with Gasteiger partial charge in [-0.2, -0.15) is 5.10 Å². The van der Waals surface area contributed by atoms with Crippen LogP contribution in [0.4, 0.5) is 14.6 Å². The van der Waals surface area contributed by atoms with Gasteiger partial charge < -0.3 is 5.73 Å². The Labute approximate surface area is 84.9 Å². The van der Waals surface area contributed by atoms with Crippen LogP contribution < -0.4 is 5.73 Å². The number of nitrogens with one attached hydrogen (secondary N) is 1. The third-order valence-corrected chi connectivity index (χ3v) is 2.27. The number of halogens is 2. The molecule has 2 rings (SSSR count). The van der Waals surface area contributed by atoms with Gasteiger partial charge in [0.1, 0.15) is 5.82 Å². The van der Waals surface area contributed by atoms with Crippen molar-refractivity contribution in [2.75, 3.05) is 5.73 Å². The van der Waals surface area contributed by atoms with E-state index in [1.165, 1.54) is 12.1 Å². The number of anilines is 1. The molecule has 0 aliphatic carbocycles. The van der Waals surface area contributed by atoms with Crippen molar-refractivity contribution in [3.05, 3.63) is 35.4 Å². The highest BCUT2D eigenvalue weighted by atomic mass is 19.2. The van der Waals surface area contributed by atoms with E-state index in [0.29, 0.717) is 11.3 Å². The van der Waals surface area contributed by atoms with E-state index in [1.54, 1.807) is 6.92 Å². The number of nitrogen functional groups attached to an aromatic ring is 1. The van der Waals surface area contributed by atoms with Gasteiger partial charge in [-0.15, -0.1) is 0 Å². The van der Waals surface area contributed by atoms with E-state index in [1.807, 2.05) is 0 Å². The molecule has 5 heteroatoms. The summed E-state index contributed by atoms with van der Waals surface area (Å²) >= 11 is 0. The quantitative estimate of drug-likeness (QED) is 0.756. The predicted molar refractivity (Wildman–Crippen MR) is 53.1 cm³/mol. The Morgan fingerprint density at radius 3 is 2.67 bits per heavy atom. The lowest BCUT2D eigenvalue weighted by Gasteiger charge is -2.02. The smallest absolute Gasteiger partial charge is 0.168 e. The molecule has 0 fully saturated rings. The second kappa shape index (κ2) is 3.34. The standard InChI is InChI=1S/C10H9F2N3/c1-5-9(14-15-10(5)13)6-3-2-4-7(11)8(6)12/h2-4H,1H3,(H3,13,14,15). The van der Waals surface area contributed by atoms with Crippen molar-refractivity contribution in [3.63, 3.8) is 0 Å². The first-order chi connectivity index (χ1) is 7.11. The minimum absolute atomic E-state index is 0.136. The number of hydrogen-bond donors (Lipinski definition) is 2. The van der Waals surface area contributed by atoms with Crippen LogP contribution in [0.3, 0.4) is 0 Å². The van der Waals surface area contributed by atoms with Crippen molar-refractivity contribution < 1.29 is 8.78 Å². The lowest BCUT2D eigenvalue weighted by atomic mass is 10.1. The second-order valence-corrected chi connectivity index (χ2v) is 3.21. The highest BCUT2D eigenvalue weighted by molar-refractivity contribution is 5.67. The average molecular weight is 209 g/mol. The molecule has 0 aliphatic heterocycles. The fourth-order valence-corrected chi connectivity index (χ4v) is 1.37. The molecule has 15 heavy (non-hydrogen) atoms. The van der Waals surface area contributed by atoms with E-state index < -0.39 is 11.6 Å². The average Bonchev–Trinajstić information content (AvgIpc) is 2.53. The highest BCUT2D eigenvalue weighted by Crippen LogP contribution is 2.27. The normalized spacial score (nSPS) is 10.6. The molecule has 78 valence electrons. The maximum Gasteiger partial charge on any atom is 0.168 e. The zero-order valence-electron chi connectivity index (χ0n) is 8.01. The molecule has 1 aromatic carbocycles. The molecule has 0 saturated heterocycles. The summed E-state index contributed by atoms with van der Waals surface area (Å²) in [5, 5.41) is 6.30. The van der Waals surface area contributed by atoms with Gasteiger partial charge in [-0.05, 0) is 19.1 Å². The molecule has 0 atom stereocenters. The van der Waals surface area contributed by atoms with Crippen LogP contribution in [0.25, 0.3) is 11.3 Å². The Kier molecular flexibility index (Phi) is 2.15. The monoisotopic (exact) mass is 209 g/mol. The van der Waals surface area contributed by atoms with Gasteiger partial charge in [0.2, 0.25) is 0 Å². The van der Waals surface area contributed by atoms with E-state index in [-0.39, 0.29) is 11.4 Å². The lowest BCUT2D eigenvalue weighted by molar-refractivity contribution is 0.511. The third kappa shape index (κ3) is 1.45. The van der Waals surface area contributed by atoms with E-state index in [4.69, 9.17) is 5.73 Å². The number of hydrogen-bond acceptors (Lipinski definition) is 2. The van der Waals surface area contributed by atoms with Crippen LogP contribution in [0.5, 0.6) is 0 Å². The molecule has 3 N–H and O–H groups in total. The molecular formula is C10H9F2N3. The Bertz CT molecular complexity index is 505. The van der Waals surface area contributed by atoms with Crippen LogP contribution in [0.1, 0.15) is 5.56 Å². The van der Waals surface area contributed by atoms with Crippen molar-refractivity contribution in [2.24, 2.45) is 0 Å². The molecule has 1 aromatic heterocycles. The van der Waals surface area contributed by atoms with Gasteiger partial charge in [-0.1, -0.05) is 6.07 Å². The van der Waals surface area contributed by atoms with Gasteiger partial charge in [0.05, 0.1) is 5.69 Å². The predicted octanol–water partition coefficient (Wildman–Crippen LogP) is 2.25. The Hall–Kier alpha value is -1.91. The van der Waals surface area contributed by atoms with Crippen molar-refractivity contribution in [1.82, 2.24) is 10.2 Å². The van der Waals surface area contributed by atoms with Crippen LogP contribution in [0, 0.1) is 18.6 Å². The summed E-state index contributed by atoms with van der Waals surface area (Å²) in [5.41, 5.74) is 6.66. The molecule has 0 saturated carbocycles. The van der Waals surface area contributed by atoms with Crippen molar-refractivity contribution >= 4 is 5.82 Å². The Balaban J connectivity index is 2.64. The largest absolute Gasteiger partial charge is 0.382 e. The maximum atomic E-state index is 13.4. The molecule has 0 aliphatic rings. The van der Waals surface area contributed by atoms with Crippen molar-refractivity contribution in [1.29, 1.82) is 0 Å². The summed E-state index contributed by atoms with van der Waals surface area (Å²) < 4.78 is 26.4. The summed E-state index contributed by atoms with van der Waals surface area (Å²) in [4.78, 5) is 0. The zero-order chi connectivity index (χ0) is 11.0. The first-order valence-electron chi connectivity index (χ1n) is 4.36. The van der Waals surface area contributed by atoms with Crippen LogP contribution in [0.2, 0.25) is 0 Å². The number of H-pyrrole nitrogens is 1. The Morgan fingerprint density at radius 2 is 2.07 bits per heavy atom. The minimum atomic E-state index is -0.899. The van der Waals surface area contributed by atoms with E-state index in [9.17, 15) is 8.78 Å². The van der Waals surface area contributed by atoms with Crippen LogP contribution in [-0.4, -0.2) is 10.2 Å². The van der Waals surface area contributed by atoms with Crippen LogP contribution >= 0.6 is 0 Å². The SMILES string of the molecule is Cc1c(N)n[nH]c1-c1cccc(F)c1F. The number of nitrogens with two attached hydrogens (primary N) is 1. The number of aromatic nitrogens is 2. The van der Waals surface area contributed by atoms with Gasteiger partial charge >= 0.3 is 0 Å². The third-order valence-electron chi connectivity index (χ3n) is 2.27. The zero-order valence-corrected chi connectivity index (χ0v) is 8.01. The minimum Gasteiger partial charge on any atom is -0.382 e. The van der Waals surface area contributed by atoms with Gasteiger partial charge in [-0.3, -0.25) is 5.10 Å². The lowest BCUT2D eigenvalue weighted by Crippen LogP contribution is -1.91. The number of aromatic amines is 1. The van der Waals surface area contributed by atoms with Crippen LogP contribution in [0.15, 0.2) is 18.2 Å². The summed E-state index contributed by atoms with van der Waals surface area (Å²) in [6, 6.07) is 3.97. The van der Waals surface area contributed by atoms with E-state index in [0.717, 1.165) is 6.07 Å². The van der Waals surface area contributed by atoms with Gasteiger partial charge in [0, 0.05) is 11.1 Å². The molecule has 0 bridgehead atoms. The molecule has 0 spiro atoms. The fourth-order valence-electron chi connectivity index (χ4n) is 1.37. The van der Waals surface area contributed by atoms with E-state index in [2.05, 4.69) is 10.2 Å².